The van der Waals surface area contributed by atoms with Crippen molar-refractivity contribution in [2.75, 3.05) is 7.05 Å². The zero-order valence-electron chi connectivity index (χ0n) is 12.1. The first-order valence-corrected chi connectivity index (χ1v) is 6.81. The summed E-state index contributed by atoms with van der Waals surface area (Å²) in [5, 5.41) is 0. The molecule has 2 aliphatic heterocycles. The first kappa shape index (κ1) is 12.7. The highest BCUT2D eigenvalue weighted by Crippen LogP contribution is 2.31. The van der Waals surface area contributed by atoms with E-state index in [2.05, 4.69) is 67.2 Å². The Morgan fingerprint density at radius 1 is 1.00 bits per heavy atom. The molecule has 0 unspecified atom stereocenters. The standard InChI is InChI=1S/C18H18N2/c1-13-10-15(11-14(2)20(13)3)8-9-16-12-19-18-7-5-4-6-17(16)18/h4-12H,1-3H3. The van der Waals surface area contributed by atoms with Gasteiger partial charge in [0.2, 0.25) is 0 Å². The van der Waals surface area contributed by atoms with Crippen LogP contribution in [0.1, 0.15) is 19.4 Å². The summed E-state index contributed by atoms with van der Waals surface area (Å²) in [6, 6.07) is 8.23. The van der Waals surface area contributed by atoms with Crippen LogP contribution in [-0.2, 0) is 0 Å². The fourth-order valence-electron chi connectivity index (χ4n) is 2.45. The first-order chi connectivity index (χ1) is 9.65. The molecule has 100 valence electrons. The minimum absolute atomic E-state index is 1.05. The summed E-state index contributed by atoms with van der Waals surface area (Å²) >= 11 is 0. The van der Waals surface area contributed by atoms with Crippen LogP contribution >= 0.6 is 0 Å². The molecule has 0 aliphatic carbocycles. The largest absolute Gasteiger partial charge is 0.352 e. The van der Waals surface area contributed by atoms with E-state index in [0.717, 1.165) is 5.69 Å². The lowest BCUT2D eigenvalue weighted by molar-refractivity contribution is 0.515. The van der Waals surface area contributed by atoms with Crippen LogP contribution in [0.5, 0.6) is 0 Å². The third-order valence-corrected chi connectivity index (χ3v) is 3.82. The molecule has 1 aromatic carbocycles. The van der Waals surface area contributed by atoms with Crippen molar-refractivity contribution in [3.05, 3.63) is 71.1 Å². The van der Waals surface area contributed by atoms with Gasteiger partial charge in [0.05, 0.1) is 5.69 Å². The number of allylic oxidation sites excluding steroid dienone is 8. The van der Waals surface area contributed by atoms with Gasteiger partial charge < -0.3 is 4.90 Å². The van der Waals surface area contributed by atoms with Crippen molar-refractivity contribution >= 4 is 17.5 Å². The summed E-state index contributed by atoms with van der Waals surface area (Å²) < 4.78 is 0. The lowest BCUT2D eigenvalue weighted by atomic mass is 10.0. The maximum absolute atomic E-state index is 4.42. The second-order valence-electron chi connectivity index (χ2n) is 5.19. The van der Waals surface area contributed by atoms with Gasteiger partial charge in [-0.2, -0.15) is 0 Å². The van der Waals surface area contributed by atoms with Gasteiger partial charge in [-0.05, 0) is 37.6 Å². The molecular weight excluding hydrogens is 244 g/mol. The smallest absolute Gasteiger partial charge is 0.0708 e. The van der Waals surface area contributed by atoms with Crippen LogP contribution in [0.15, 0.2) is 70.5 Å². The zero-order chi connectivity index (χ0) is 14.1. The molecule has 0 saturated heterocycles. The molecule has 0 atom stereocenters. The number of fused-ring (bicyclic) bond motifs is 1. The molecule has 2 aliphatic rings. The van der Waals surface area contributed by atoms with E-state index >= 15 is 0 Å². The van der Waals surface area contributed by atoms with Gasteiger partial charge in [-0.15, -0.1) is 0 Å². The molecule has 0 N–H and O–H groups in total. The molecule has 0 fully saturated rings. The Kier molecular flexibility index (Phi) is 3.15. The first-order valence-electron chi connectivity index (χ1n) is 6.81. The maximum Gasteiger partial charge on any atom is 0.0708 e. The van der Waals surface area contributed by atoms with Gasteiger partial charge in [0.25, 0.3) is 0 Å². The Morgan fingerprint density at radius 2 is 1.70 bits per heavy atom. The van der Waals surface area contributed by atoms with Crippen molar-refractivity contribution in [2.24, 2.45) is 4.99 Å². The zero-order valence-corrected chi connectivity index (χ0v) is 12.1. The minimum atomic E-state index is 1.05. The van der Waals surface area contributed by atoms with E-state index in [1.165, 1.54) is 28.1 Å². The predicted octanol–water partition coefficient (Wildman–Crippen LogP) is 4.47. The lowest BCUT2D eigenvalue weighted by Gasteiger charge is -2.24. The highest BCUT2D eigenvalue weighted by atomic mass is 15.1. The van der Waals surface area contributed by atoms with Crippen molar-refractivity contribution in [3.63, 3.8) is 0 Å². The minimum Gasteiger partial charge on any atom is -0.352 e. The average Bonchev–Trinajstić information content (AvgIpc) is 2.85. The number of aliphatic imine (C=N–C) groups is 1. The Hall–Kier alpha value is -2.35. The fourth-order valence-corrected chi connectivity index (χ4v) is 2.45. The molecule has 0 saturated carbocycles. The van der Waals surface area contributed by atoms with Crippen LogP contribution in [-0.4, -0.2) is 18.2 Å². The van der Waals surface area contributed by atoms with Gasteiger partial charge in [0.1, 0.15) is 0 Å². The second kappa shape index (κ2) is 4.97. The highest BCUT2D eigenvalue weighted by molar-refractivity contribution is 6.16. The van der Waals surface area contributed by atoms with Crippen LogP contribution in [0.25, 0.3) is 5.57 Å². The monoisotopic (exact) mass is 262 g/mol. The third-order valence-electron chi connectivity index (χ3n) is 3.82. The van der Waals surface area contributed by atoms with E-state index in [1.807, 2.05) is 18.3 Å². The predicted molar refractivity (Wildman–Crippen MR) is 85.9 cm³/mol. The summed E-state index contributed by atoms with van der Waals surface area (Å²) in [5.74, 6) is 0. The number of nitrogens with zero attached hydrogens (tertiary/aromatic N) is 2. The molecule has 1 aromatic rings. The molecule has 2 heteroatoms. The van der Waals surface area contributed by atoms with Crippen LogP contribution < -0.4 is 0 Å². The summed E-state index contributed by atoms with van der Waals surface area (Å²) in [5.41, 5.74) is 7.18. The second-order valence-corrected chi connectivity index (χ2v) is 5.19. The van der Waals surface area contributed by atoms with Gasteiger partial charge in [-0.25, -0.2) is 0 Å². The lowest BCUT2D eigenvalue weighted by Crippen LogP contribution is -2.16. The molecule has 0 bridgehead atoms. The number of hydrogen-bond acceptors (Lipinski definition) is 2. The summed E-state index contributed by atoms with van der Waals surface area (Å²) in [6.07, 6.45) is 10.6. The molecule has 2 heterocycles. The molecule has 0 aromatic heterocycles. The summed E-state index contributed by atoms with van der Waals surface area (Å²) in [4.78, 5) is 6.62. The third kappa shape index (κ3) is 2.25. The number of para-hydroxylation sites is 1. The van der Waals surface area contributed by atoms with Crippen molar-refractivity contribution < 1.29 is 0 Å². The van der Waals surface area contributed by atoms with Crippen LogP contribution in [0.4, 0.5) is 5.69 Å². The Balaban J connectivity index is 1.92. The fraction of sp³-hybridized carbons (Fsp3) is 0.167. The van der Waals surface area contributed by atoms with E-state index in [-0.39, 0.29) is 0 Å². The maximum atomic E-state index is 4.42. The van der Waals surface area contributed by atoms with E-state index in [1.54, 1.807) is 0 Å². The Labute approximate surface area is 120 Å². The number of hydrogen-bond donors (Lipinski definition) is 0. The quantitative estimate of drug-likeness (QED) is 0.729. The van der Waals surface area contributed by atoms with Crippen molar-refractivity contribution in [3.8, 4) is 0 Å². The van der Waals surface area contributed by atoms with Crippen molar-refractivity contribution in [1.82, 2.24) is 4.90 Å². The molecule has 2 nitrogen and oxygen atoms in total. The normalized spacial score (nSPS) is 19.1. The van der Waals surface area contributed by atoms with Crippen LogP contribution in [0, 0.1) is 0 Å². The van der Waals surface area contributed by atoms with Crippen molar-refractivity contribution in [1.29, 1.82) is 0 Å². The molecule has 0 radical (unpaired) electrons. The van der Waals surface area contributed by atoms with Gasteiger partial charge in [0.15, 0.2) is 0 Å². The highest BCUT2D eigenvalue weighted by Gasteiger charge is 2.11. The van der Waals surface area contributed by atoms with E-state index < -0.39 is 0 Å². The van der Waals surface area contributed by atoms with Gasteiger partial charge in [0, 0.05) is 35.8 Å². The SMILES string of the molecule is CC1=CC(=CC=C2C=Nc3ccccc32)C=C(C)N1C. The topological polar surface area (TPSA) is 15.6 Å². The summed E-state index contributed by atoms with van der Waals surface area (Å²) in [7, 11) is 2.09. The molecule has 3 rings (SSSR count). The van der Waals surface area contributed by atoms with E-state index in [0.29, 0.717) is 0 Å². The molecule has 0 spiro atoms. The Bertz CT molecular complexity index is 678. The van der Waals surface area contributed by atoms with Gasteiger partial charge in [-0.3, -0.25) is 4.99 Å². The van der Waals surface area contributed by atoms with Crippen molar-refractivity contribution in [2.45, 2.75) is 13.8 Å². The molecule has 20 heavy (non-hydrogen) atoms. The molecule has 0 amide bonds. The Morgan fingerprint density at radius 3 is 2.45 bits per heavy atom. The molecular formula is C18H18N2. The van der Waals surface area contributed by atoms with Gasteiger partial charge in [-0.1, -0.05) is 30.4 Å². The number of benzene rings is 1. The van der Waals surface area contributed by atoms with E-state index in [9.17, 15) is 0 Å². The van der Waals surface area contributed by atoms with E-state index in [4.69, 9.17) is 0 Å². The van der Waals surface area contributed by atoms with Crippen LogP contribution in [0.2, 0.25) is 0 Å². The average molecular weight is 262 g/mol. The number of rotatable bonds is 1. The summed E-state index contributed by atoms with van der Waals surface area (Å²) in [6.45, 7) is 4.26. The van der Waals surface area contributed by atoms with Crippen LogP contribution in [0.3, 0.4) is 0 Å². The van der Waals surface area contributed by atoms with Gasteiger partial charge >= 0.3 is 0 Å².